The number of carbonyl (C=O) groups excluding carboxylic acids is 2. The number of piperidine rings is 1. The van der Waals surface area contributed by atoms with Gasteiger partial charge in [-0.3, -0.25) is 9.59 Å². The highest BCUT2D eigenvalue weighted by Gasteiger charge is 2.46. The second kappa shape index (κ2) is 6.11. The van der Waals surface area contributed by atoms with Crippen LogP contribution in [0.15, 0.2) is 24.3 Å². The highest BCUT2D eigenvalue weighted by atomic mass is 19.4. The molecule has 1 saturated carbocycles. The van der Waals surface area contributed by atoms with Crippen molar-refractivity contribution in [1.29, 1.82) is 0 Å². The maximum absolute atomic E-state index is 12.6. The van der Waals surface area contributed by atoms with Crippen molar-refractivity contribution in [2.24, 2.45) is 17.6 Å². The maximum atomic E-state index is 12.6. The molecule has 7 heteroatoms. The molecule has 2 amide bonds. The van der Waals surface area contributed by atoms with E-state index >= 15 is 0 Å². The summed E-state index contributed by atoms with van der Waals surface area (Å²) in [5, 5.41) is 0. The van der Waals surface area contributed by atoms with Gasteiger partial charge >= 0.3 is 6.18 Å². The number of nitrogens with zero attached hydrogens (tertiary/aromatic N) is 1. The summed E-state index contributed by atoms with van der Waals surface area (Å²) in [6.07, 6.45) is -2.51. The summed E-state index contributed by atoms with van der Waals surface area (Å²) >= 11 is 0. The molecule has 1 aliphatic heterocycles. The summed E-state index contributed by atoms with van der Waals surface area (Å²) in [5.41, 5.74) is 5.37. The summed E-state index contributed by atoms with van der Waals surface area (Å²) in [6, 6.07) is 5.04. The van der Waals surface area contributed by atoms with Crippen LogP contribution in [0.5, 0.6) is 0 Å². The van der Waals surface area contributed by atoms with Gasteiger partial charge in [0.25, 0.3) is 0 Å². The molecule has 3 rings (SSSR count). The van der Waals surface area contributed by atoms with E-state index in [9.17, 15) is 22.8 Å². The first kappa shape index (κ1) is 16.8. The predicted molar refractivity (Wildman–Crippen MR) is 80.8 cm³/mol. The Hall–Kier alpha value is -2.05. The van der Waals surface area contributed by atoms with E-state index in [4.69, 9.17) is 5.73 Å². The molecule has 1 aliphatic carbocycles. The molecule has 130 valence electrons. The quantitative estimate of drug-likeness (QED) is 0.919. The molecular formula is C17H19F3N2O2. The average Bonchev–Trinajstić information content (AvgIpc) is 3.34. The van der Waals surface area contributed by atoms with Gasteiger partial charge in [-0.25, -0.2) is 0 Å². The molecule has 1 aromatic carbocycles. The molecule has 2 aliphatic rings. The van der Waals surface area contributed by atoms with Crippen LogP contribution >= 0.6 is 0 Å². The normalized spacial score (nSPS) is 24.7. The van der Waals surface area contributed by atoms with Gasteiger partial charge < -0.3 is 10.6 Å². The number of likely N-dealkylation sites (tertiary alicyclic amines) is 1. The number of nitrogens with two attached hydrogens (primary N) is 1. The SMILES string of the molecule is NC(=O)C1CCN(C(=O)C2CC2c2ccc(C(F)(F)F)cc2)CC1. The predicted octanol–water partition coefficient (Wildman–Crippen LogP) is 2.53. The number of amides is 2. The smallest absolute Gasteiger partial charge is 0.369 e. The molecule has 1 heterocycles. The van der Waals surface area contributed by atoms with Crippen LogP contribution in [0.4, 0.5) is 13.2 Å². The van der Waals surface area contributed by atoms with Crippen LogP contribution < -0.4 is 5.73 Å². The first-order valence-corrected chi connectivity index (χ1v) is 8.02. The zero-order chi connectivity index (χ0) is 17.5. The van der Waals surface area contributed by atoms with E-state index in [0.29, 0.717) is 32.4 Å². The number of primary amides is 1. The van der Waals surface area contributed by atoms with Crippen LogP contribution in [0.2, 0.25) is 0 Å². The van der Waals surface area contributed by atoms with Crippen molar-refractivity contribution < 1.29 is 22.8 Å². The fourth-order valence-corrected chi connectivity index (χ4v) is 3.37. The first-order valence-electron chi connectivity index (χ1n) is 8.02. The summed E-state index contributed by atoms with van der Waals surface area (Å²) < 4.78 is 37.7. The zero-order valence-corrected chi connectivity index (χ0v) is 13.1. The highest BCUT2D eigenvalue weighted by Crippen LogP contribution is 2.49. The van der Waals surface area contributed by atoms with Gasteiger partial charge in [-0.05, 0) is 42.9 Å². The van der Waals surface area contributed by atoms with Gasteiger partial charge in [-0.1, -0.05) is 12.1 Å². The summed E-state index contributed by atoms with van der Waals surface area (Å²) in [4.78, 5) is 25.4. The molecule has 0 bridgehead atoms. The third kappa shape index (κ3) is 3.39. The van der Waals surface area contributed by atoms with E-state index in [-0.39, 0.29) is 29.6 Å². The van der Waals surface area contributed by atoms with Gasteiger partial charge in [-0.15, -0.1) is 0 Å². The van der Waals surface area contributed by atoms with Crippen molar-refractivity contribution in [3.05, 3.63) is 35.4 Å². The number of hydrogen-bond donors (Lipinski definition) is 1. The van der Waals surface area contributed by atoms with E-state index in [2.05, 4.69) is 0 Å². The molecule has 0 spiro atoms. The van der Waals surface area contributed by atoms with E-state index in [1.807, 2.05) is 0 Å². The van der Waals surface area contributed by atoms with Crippen LogP contribution in [0.1, 0.15) is 36.3 Å². The van der Waals surface area contributed by atoms with E-state index < -0.39 is 11.7 Å². The molecule has 2 fully saturated rings. The number of rotatable bonds is 3. The molecular weight excluding hydrogens is 321 g/mol. The van der Waals surface area contributed by atoms with E-state index in [0.717, 1.165) is 17.7 Å². The molecule has 2 atom stereocenters. The van der Waals surface area contributed by atoms with Gasteiger partial charge in [0, 0.05) is 24.9 Å². The van der Waals surface area contributed by atoms with Crippen molar-refractivity contribution >= 4 is 11.8 Å². The van der Waals surface area contributed by atoms with Crippen molar-refractivity contribution in [2.45, 2.75) is 31.4 Å². The molecule has 0 aromatic heterocycles. The highest BCUT2D eigenvalue weighted by molar-refractivity contribution is 5.83. The fourth-order valence-electron chi connectivity index (χ4n) is 3.37. The molecule has 1 aromatic rings. The number of hydrogen-bond acceptors (Lipinski definition) is 2. The van der Waals surface area contributed by atoms with Gasteiger partial charge in [0.05, 0.1) is 5.56 Å². The van der Waals surface area contributed by atoms with E-state index in [1.54, 1.807) is 4.90 Å². The fraction of sp³-hybridized carbons (Fsp3) is 0.529. The molecule has 1 saturated heterocycles. The van der Waals surface area contributed by atoms with Crippen molar-refractivity contribution in [2.75, 3.05) is 13.1 Å². The minimum absolute atomic E-state index is 0.00588. The second-order valence-electron chi connectivity index (χ2n) is 6.57. The lowest BCUT2D eigenvalue weighted by Gasteiger charge is -2.30. The van der Waals surface area contributed by atoms with Gasteiger partial charge in [0.15, 0.2) is 0 Å². The Balaban J connectivity index is 1.57. The Morgan fingerprint density at radius 3 is 2.17 bits per heavy atom. The van der Waals surface area contributed by atoms with Crippen LogP contribution in [0.25, 0.3) is 0 Å². The lowest BCUT2D eigenvalue weighted by atomic mass is 9.96. The minimum atomic E-state index is -4.35. The minimum Gasteiger partial charge on any atom is -0.369 e. The Kier molecular flexibility index (Phi) is 4.27. The zero-order valence-electron chi connectivity index (χ0n) is 13.1. The van der Waals surface area contributed by atoms with Gasteiger partial charge in [0.2, 0.25) is 11.8 Å². The first-order chi connectivity index (χ1) is 11.3. The number of benzene rings is 1. The maximum Gasteiger partial charge on any atom is 0.416 e. The Labute approximate surface area is 137 Å². The van der Waals surface area contributed by atoms with E-state index in [1.165, 1.54) is 12.1 Å². The summed E-state index contributed by atoms with van der Waals surface area (Å²) in [7, 11) is 0. The second-order valence-corrected chi connectivity index (χ2v) is 6.57. The molecule has 2 unspecified atom stereocenters. The van der Waals surface area contributed by atoms with Crippen molar-refractivity contribution in [1.82, 2.24) is 4.90 Å². The van der Waals surface area contributed by atoms with Crippen LogP contribution in [0, 0.1) is 11.8 Å². The van der Waals surface area contributed by atoms with Gasteiger partial charge in [0.1, 0.15) is 0 Å². The van der Waals surface area contributed by atoms with Crippen LogP contribution in [-0.2, 0) is 15.8 Å². The number of halogens is 3. The Morgan fingerprint density at radius 2 is 1.67 bits per heavy atom. The molecule has 24 heavy (non-hydrogen) atoms. The Bertz CT molecular complexity index is 634. The van der Waals surface area contributed by atoms with Crippen LogP contribution in [-0.4, -0.2) is 29.8 Å². The third-order valence-corrected chi connectivity index (χ3v) is 4.98. The summed E-state index contributed by atoms with van der Waals surface area (Å²) in [5.74, 6) is -0.626. The summed E-state index contributed by atoms with van der Waals surface area (Å²) in [6.45, 7) is 1.03. The lowest BCUT2D eigenvalue weighted by molar-refractivity contribution is -0.137. The Morgan fingerprint density at radius 1 is 1.08 bits per heavy atom. The van der Waals surface area contributed by atoms with Crippen molar-refractivity contribution in [3.8, 4) is 0 Å². The molecule has 4 nitrogen and oxygen atoms in total. The standard InChI is InChI=1S/C17H19F3N2O2/c18-17(19,20)12-3-1-10(2-4-12)13-9-14(13)16(24)22-7-5-11(6-8-22)15(21)23/h1-4,11,13-14H,5-9H2,(H2,21,23). The average molecular weight is 340 g/mol. The largest absolute Gasteiger partial charge is 0.416 e. The third-order valence-electron chi connectivity index (χ3n) is 4.98. The van der Waals surface area contributed by atoms with Gasteiger partial charge in [-0.2, -0.15) is 13.2 Å². The number of alkyl halides is 3. The molecule has 2 N–H and O–H groups in total. The molecule has 0 radical (unpaired) electrons. The van der Waals surface area contributed by atoms with Crippen molar-refractivity contribution in [3.63, 3.8) is 0 Å². The lowest BCUT2D eigenvalue weighted by Crippen LogP contribution is -2.42. The topological polar surface area (TPSA) is 63.4 Å². The van der Waals surface area contributed by atoms with Crippen LogP contribution in [0.3, 0.4) is 0 Å². The number of carbonyl (C=O) groups is 2. The monoisotopic (exact) mass is 340 g/mol.